The Balaban J connectivity index is 0.00000289. The van der Waals surface area contributed by atoms with Crippen molar-refractivity contribution in [2.45, 2.75) is 18.7 Å². The van der Waals surface area contributed by atoms with E-state index in [9.17, 15) is 12.8 Å². The molecule has 0 spiro atoms. The predicted molar refractivity (Wildman–Crippen MR) is 72.9 cm³/mol. The Hall–Kier alpha value is -0.400. The molecule has 0 amide bonds. The van der Waals surface area contributed by atoms with Crippen LogP contribution in [0, 0.1) is 5.82 Å². The normalized spacial score (nSPS) is 12.9. The van der Waals surface area contributed by atoms with E-state index in [1.54, 1.807) is 6.92 Å². The number of hydrogen-bond donors (Lipinski definition) is 2. The molecule has 0 aliphatic heterocycles. The van der Waals surface area contributed by atoms with Gasteiger partial charge in [-0.2, -0.15) is 0 Å². The minimum atomic E-state index is -3.49. The topological polar surface area (TPSA) is 72.2 Å². The van der Waals surface area contributed by atoms with Gasteiger partial charge in [-0.05, 0) is 24.6 Å². The lowest BCUT2D eigenvalue weighted by Crippen LogP contribution is -2.38. The minimum Gasteiger partial charge on any atom is -0.329 e. The van der Waals surface area contributed by atoms with Crippen LogP contribution in [0.2, 0.25) is 5.02 Å². The second-order valence-corrected chi connectivity index (χ2v) is 5.92. The second-order valence-electron chi connectivity index (χ2n) is 3.76. The molecule has 0 aliphatic carbocycles. The van der Waals surface area contributed by atoms with E-state index in [2.05, 4.69) is 4.72 Å². The van der Waals surface area contributed by atoms with Crippen molar-refractivity contribution < 1.29 is 12.8 Å². The van der Waals surface area contributed by atoms with Crippen molar-refractivity contribution in [3.63, 3.8) is 0 Å². The van der Waals surface area contributed by atoms with Gasteiger partial charge in [-0.25, -0.2) is 17.5 Å². The molecular weight excluding hydrogens is 302 g/mol. The summed E-state index contributed by atoms with van der Waals surface area (Å²) in [6, 6.07) is 3.48. The number of hydrogen-bond acceptors (Lipinski definition) is 3. The fourth-order valence-corrected chi connectivity index (χ4v) is 2.86. The average molecular weight is 317 g/mol. The van der Waals surface area contributed by atoms with Crippen LogP contribution in [0.3, 0.4) is 0 Å². The molecule has 0 aromatic heterocycles. The largest absolute Gasteiger partial charge is 0.329 e. The molecule has 1 rings (SSSR count). The van der Waals surface area contributed by atoms with E-state index in [4.69, 9.17) is 17.3 Å². The molecule has 0 heterocycles. The zero-order chi connectivity index (χ0) is 13.1. The molecule has 8 heteroatoms. The summed E-state index contributed by atoms with van der Waals surface area (Å²) >= 11 is 5.57. The highest BCUT2D eigenvalue weighted by Gasteiger charge is 2.15. The molecule has 0 unspecified atom stereocenters. The number of benzene rings is 1. The third kappa shape index (κ3) is 5.49. The summed E-state index contributed by atoms with van der Waals surface area (Å²) in [7, 11) is -3.49. The van der Waals surface area contributed by atoms with Crippen LogP contribution in [-0.4, -0.2) is 21.0 Å². The highest BCUT2D eigenvalue weighted by Crippen LogP contribution is 2.17. The number of rotatable bonds is 5. The van der Waals surface area contributed by atoms with Crippen LogP contribution in [0.25, 0.3) is 0 Å². The highest BCUT2D eigenvalue weighted by molar-refractivity contribution is 7.88. The fraction of sp³-hybridized carbons (Fsp3) is 0.400. The summed E-state index contributed by atoms with van der Waals surface area (Å²) in [6.45, 7) is 1.87. The van der Waals surface area contributed by atoms with Crippen LogP contribution in [-0.2, 0) is 15.8 Å². The van der Waals surface area contributed by atoms with Gasteiger partial charge in [0.1, 0.15) is 5.82 Å². The lowest BCUT2D eigenvalue weighted by molar-refractivity contribution is 0.561. The molecule has 1 aromatic carbocycles. The minimum absolute atomic E-state index is 0. The Morgan fingerprint density at radius 1 is 1.50 bits per heavy atom. The molecular formula is C10H15Cl2FN2O2S. The van der Waals surface area contributed by atoms with Crippen LogP contribution in [0.15, 0.2) is 18.2 Å². The smallest absolute Gasteiger partial charge is 0.216 e. The Labute approximate surface area is 117 Å². The van der Waals surface area contributed by atoms with E-state index < -0.39 is 15.8 Å². The molecule has 0 radical (unpaired) electrons. The number of sulfonamides is 1. The maximum Gasteiger partial charge on any atom is 0.216 e. The Morgan fingerprint density at radius 2 is 2.11 bits per heavy atom. The third-order valence-electron chi connectivity index (χ3n) is 2.07. The molecule has 0 fully saturated rings. The molecule has 0 saturated heterocycles. The molecule has 0 aliphatic rings. The summed E-state index contributed by atoms with van der Waals surface area (Å²) in [6.07, 6.45) is 0. The summed E-state index contributed by atoms with van der Waals surface area (Å²) in [5, 5.41) is -0.0930. The van der Waals surface area contributed by atoms with Crippen LogP contribution in [0.5, 0.6) is 0 Å². The van der Waals surface area contributed by atoms with Crippen molar-refractivity contribution in [3.05, 3.63) is 34.6 Å². The Kier molecular flexibility index (Phi) is 7.09. The molecule has 1 aromatic rings. The first kappa shape index (κ1) is 17.6. The van der Waals surface area contributed by atoms with Gasteiger partial charge in [0.05, 0.1) is 10.8 Å². The Bertz CT molecular complexity index is 497. The van der Waals surface area contributed by atoms with Gasteiger partial charge in [0.25, 0.3) is 0 Å². The van der Waals surface area contributed by atoms with E-state index in [-0.39, 0.29) is 35.8 Å². The lowest BCUT2D eigenvalue weighted by Gasteiger charge is -2.12. The highest BCUT2D eigenvalue weighted by atomic mass is 35.5. The average Bonchev–Trinajstić information content (AvgIpc) is 2.22. The van der Waals surface area contributed by atoms with Crippen molar-refractivity contribution in [1.29, 1.82) is 0 Å². The van der Waals surface area contributed by atoms with Crippen molar-refractivity contribution >= 4 is 34.0 Å². The first-order chi connectivity index (χ1) is 7.84. The SMILES string of the molecule is C[C@H](CN)NS(=O)(=O)Cc1ccc(F)c(Cl)c1.Cl. The van der Waals surface area contributed by atoms with E-state index in [0.717, 1.165) is 6.07 Å². The summed E-state index contributed by atoms with van der Waals surface area (Å²) in [5.74, 6) is -0.826. The van der Waals surface area contributed by atoms with Gasteiger partial charge < -0.3 is 5.73 Å². The van der Waals surface area contributed by atoms with Crippen molar-refractivity contribution in [2.75, 3.05) is 6.54 Å². The number of nitrogens with one attached hydrogen (secondary N) is 1. The lowest BCUT2D eigenvalue weighted by atomic mass is 10.2. The zero-order valence-corrected chi connectivity index (χ0v) is 12.1. The van der Waals surface area contributed by atoms with Gasteiger partial charge in [-0.1, -0.05) is 17.7 Å². The van der Waals surface area contributed by atoms with E-state index in [1.165, 1.54) is 12.1 Å². The monoisotopic (exact) mass is 316 g/mol. The quantitative estimate of drug-likeness (QED) is 0.868. The molecule has 0 saturated carbocycles. The molecule has 0 bridgehead atoms. The van der Waals surface area contributed by atoms with Crippen LogP contribution in [0.1, 0.15) is 12.5 Å². The maximum atomic E-state index is 12.9. The maximum absolute atomic E-state index is 12.9. The standard InChI is InChI=1S/C10H14ClFN2O2S.ClH/c1-7(5-13)14-17(15,16)6-8-2-3-10(12)9(11)4-8;/h2-4,7,14H,5-6,13H2,1H3;1H/t7-;/m1./s1. The first-order valence-electron chi connectivity index (χ1n) is 4.98. The van der Waals surface area contributed by atoms with Crippen LogP contribution in [0.4, 0.5) is 4.39 Å². The van der Waals surface area contributed by atoms with Crippen molar-refractivity contribution in [3.8, 4) is 0 Å². The Morgan fingerprint density at radius 3 is 2.61 bits per heavy atom. The second kappa shape index (κ2) is 7.25. The first-order valence-corrected chi connectivity index (χ1v) is 7.01. The van der Waals surface area contributed by atoms with E-state index in [0.29, 0.717) is 5.56 Å². The summed E-state index contributed by atoms with van der Waals surface area (Å²) in [4.78, 5) is 0. The van der Waals surface area contributed by atoms with Gasteiger partial charge in [-0.3, -0.25) is 0 Å². The number of nitrogens with two attached hydrogens (primary N) is 1. The molecule has 4 nitrogen and oxygen atoms in total. The fourth-order valence-electron chi connectivity index (χ4n) is 1.25. The van der Waals surface area contributed by atoms with E-state index in [1.807, 2.05) is 0 Å². The van der Waals surface area contributed by atoms with Crippen LogP contribution >= 0.6 is 24.0 Å². The van der Waals surface area contributed by atoms with Crippen LogP contribution < -0.4 is 10.5 Å². The van der Waals surface area contributed by atoms with E-state index >= 15 is 0 Å². The van der Waals surface area contributed by atoms with Gasteiger partial charge in [0.2, 0.25) is 10.0 Å². The third-order valence-corrected chi connectivity index (χ3v) is 3.84. The summed E-state index contributed by atoms with van der Waals surface area (Å²) in [5.41, 5.74) is 5.74. The molecule has 1 atom stereocenters. The van der Waals surface area contributed by atoms with Gasteiger partial charge >= 0.3 is 0 Å². The zero-order valence-electron chi connectivity index (χ0n) is 9.69. The summed E-state index contributed by atoms with van der Waals surface area (Å²) < 4.78 is 38.6. The van der Waals surface area contributed by atoms with Crippen molar-refractivity contribution in [1.82, 2.24) is 4.72 Å². The van der Waals surface area contributed by atoms with Gasteiger partial charge in [0, 0.05) is 12.6 Å². The van der Waals surface area contributed by atoms with Gasteiger partial charge in [-0.15, -0.1) is 12.4 Å². The molecule has 104 valence electrons. The number of halogens is 3. The molecule has 3 N–H and O–H groups in total. The van der Waals surface area contributed by atoms with Gasteiger partial charge in [0.15, 0.2) is 0 Å². The van der Waals surface area contributed by atoms with Crippen molar-refractivity contribution in [2.24, 2.45) is 5.73 Å². The molecule has 18 heavy (non-hydrogen) atoms. The predicted octanol–water partition coefficient (Wildman–Crippen LogP) is 1.67.